The molecule has 4 rings (SSSR count). The van der Waals surface area contributed by atoms with Crippen LogP contribution in [0.3, 0.4) is 0 Å². The van der Waals surface area contributed by atoms with Crippen LogP contribution in [0.25, 0.3) is 0 Å². The van der Waals surface area contributed by atoms with E-state index in [9.17, 15) is 23.1 Å². The van der Waals surface area contributed by atoms with Crippen molar-refractivity contribution in [2.24, 2.45) is 28.1 Å². The molecule has 4 fully saturated rings. The number of hydrogen-bond donors (Lipinski definition) is 1. The molecule has 3 unspecified atom stereocenters. The summed E-state index contributed by atoms with van der Waals surface area (Å²) < 4.78 is 45.3. The highest BCUT2D eigenvalue weighted by atomic mass is 19.4. The first-order valence-corrected chi connectivity index (χ1v) is 9.72. The number of rotatable bonds is 5. The minimum absolute atomic E-state index is 0.0440. The SMILES string of the molecule is CCC(C)(C(=O)OCC12CC3CC(C1)CC(C(C)(C)O)(C3)C2)C(F)(F)F. The Morgan fingerprint density at radius 1 is 1.12 bits per heavy atom. The minimum atomic E-state index is -4.62. The number of carbonyl (C=O) groups excluding carboxylic acids is 1. The van der Waals surface area contributed by atoms with Crippen LogP contribution in [0.4, 0.5) is 13.2 Å². The molecule has 4 aliphatic rings. The van der Waals surface area contributed by atoms with E-state index in [0.29, 0.717) is 11.8 Å². The molecule has 0 amide bonds. The van der Waals surface area contributed by atoms with Gasteiger partial charge in [0.2, 0.25) is 0 Å². The van der Waals surface area contributed by atoms with Gasteiger partial charge in [0.25, 0.3) is 0 Å². The second kappa shape index (κ2) is 5.86. The maximum atomic E-state index is 13.3. The zero-order chi connectivity index (χ0) is 19.6. The quantitative estimate of drug-likeness (QED) is 0.697. The topological polar surface area (TPSA) is 46.5 Å². The summed E-state index contributed by atoms with van der Waals surface area (Å²) >= 11 is 0. The van der Waals surface area contributed by atoms with Crippen molar-refractivity contribution in [1.82, 2.24) is 0 Å². The number of aliphatic hydroxyl groups is 1. The van der Waals surface area contributed by atoms with E-state index in [1.54, 1.807) is 0 Å². The molecule has 0 aromatic carbocycles. The summed E-state index contributed by atoms with van der Waals surface area (Å²) in [4.78, 5) is 12.3. The lowest BCUT2D eigenvalue weighted by Gasteiger charge is -2.65. The van der Waals surface area contributed by atoms with E-state index in [0.717, 1.165) is 45.4 Å². The van der Waals surface area contributed by atoms with E-state index in [1.807, 2.05) is 13.8 Å². The fourth-order valence-electron chi connectivity index (χ4n) is 6.18. The molecule has 3 atom stereocenters. The highest BCUT2D eigenvalue weighted by Crippen LogP contribution is 2.68. The van der Waals surface area contributed by atoms with E-state index in [2.05, 4.69) is 0 Å². The van der Waals surface area contributed by atoms with Crippen molar-refractivity contribution in [2.75, 3.05) is 6.61 Å². The molecule has 0 aromatic rings. The Kier molecular flexibility index (Phi) is 4.50. The zero-order valence-corrected chi connectivity index (χ0v) is 16.2. The molecule has 4 bridgehead atoms. The van der Waals surface area contributed by atoms with Gasteiger partial charge in [-0.1, -0.05) is 6.92 Å². The number of carbonyl (C=O) groups is 1. The molecule has 1 N–H and O–H groups in total. The molecule has 0 radical (unpaired) electrons. The van der Waals surface area contributed by atoms with Gasteiger partial charge in [-0.3, -0.25) is 4.79 Å². The lowest BCUT2D eigenvalue weighted by Crippen LogP contribution is -2.60. The fraction of sp³-hybridized carbons (Fsp3) is 0.950. The summed E-state index contributed by atoms with van der Waals surface area (Å²) in [7, 11) is 0. The van der Waals surface area contributed by atoms with Crippen molar-refractivity contribution in [3.8, 4) is 0 Å². The molecular weight excluding hydrogens is 345 g/mol. The van der Waals surface area contributed by atoms with Crippen LogP contribution in [-0.2, 0) is 9.53 Å². The van der Waals surface area contributed by atoms with Gasteiger partial charge in [0.05, 0.1) is 12.2 Å². The summed E-state index contributed by atoms with van der Waals surface area (Å²) in [6.07, 6.45) is 0.639. The van der Waals surface area contributed by atoms with Crippen LogP contribution in [-0.4, -0.2) is 29.5 Å². The number of esters is 1. The van der Waals surface area contributed by atoms with Crippen molar-refractivity contribution >= 4 is 5.97 Å². The van der Waals surface area contributed by atoms with E-state index in [4.69, 9.17) is 4.74 Å². The molecule has 0 spiro atoms. The van der Waals surface area contributed by atoms with Gasteiger partial charge in [0.1, 0.15) is 0 Å². The molecule has 4 aliphatic carbocycles. The predicted octanol–water partition coefficient (Wildman–Crippen LogP) is 4.87. The molecule has 3 nitrogen and oxygen atoms in total. The van der Waals surface area contributed by atoms with Crippen molar-refractivity contribution < 1.29 is 27.8 Å². The fourth-order valence-corrected chi connectivity index (χ4v) is 6.18. The van der Waals surface area contributed by atoms with Gasteiger partial charge in [-0.15, -0.1) is 0 Å². The van der Waals surface area contributed by atoms with E-state index < -0.39 is 23.2 Å². The molecule has 150 valence electrons. The third-order valence-electron chi connectivity index (χ3n) is 7.77. The number of alkyl halides is 3. The van der Waals surface area contributed by atoms with Crippen molar-refractivity contribution in [3.05, 3.63) is 0 Å². The summed E-state index contributed by atoms with van der Waals surface area (Å²) in [5, 5.41) is 10.8. The molecule has 4 saturated carbocycles. The minimum Gasteiger partial charge on any atom is -0.464 e. The zero-order valence-electron chi connectivity index (χ0n) is 16.2. The lowest BCUT2D eigenvalue weighted by molar-refractivity contribution is -0.238. The second-order valence-corrected chi connectivity index (χ2v) is 10.1. The Balaban J connectivity index is 1.77. The maximum Gasteiger partial charge on any atom is 0.404 e. The Bertz CT molecular complexity index is 564. The predicted molar refractivity (Wildman–Crippen MR) is 91.3 cm³/mol. The van der Waals surface area contributed by atoms with Gasteiger partial charge >= 0.3 is 12.1 Å². The van der Waals surface area contributed by atoms with Gasteiger partial charge in [0.15, 0.2) is 5.41 Å². The summed E-state index contributed by atoms with van der Waals surface area (Å²) in [6, 6.07) is 0. The molecule has 0 saturated heterocycles. The standard InChI is InChI=1S/C20H31F3O3/c1-5-17(4,20(21,22)23)15(24)26-12-18-7-13-6-14(8-18)10-19(9-13,11-18)16(2,3)25/h13-14,25H,5-12H2,1-4H3. The van der Waals surface area contributed by atoms with Crippen molar-refractivity contribution in [1.29, 1.82) is 0 Å². The second-order valence-electron chi connectivity index (χ2n) is 10.1. The summed E-state index contributed by atoms with van der Waals surface area (Å²) in [5.74, 6) is -0.219. The third kappa shape index (κ3) is 2.96. The monoisotopic (exact) mass is 376 g/mol. The van der Waals surface area contributed by atoms with Crippen molar-refractivity contribution in [2.45, 2.75) is 84.4 Å². The van der Waals surface area contributed by atoms with Crippen LogP contribution in [0, 0.1) is 28.1 Å². The molecule has 6 heteroatoms. The van der Waals surface area contributed by atoms with Gasteiger partial charge < -0.3 is 9.84 Å². The highest BCUT2D eigenvalue weighted by Gasteiger charge is 2.63. The van der Waals surface area contributed by atoms with Gasteiger partial charge in [0, 0.05) is 5.41 Å². The number of hydrogen-bond acceptors (Lipinski definition) is 3. The van der Waals surface area contributed by atoms with Gasteiger partial charge in [-0.2, -0.15) is 13.2 Å². The molecule has 26 heavy (non-hydrogen) atoms. The largest absolute Gasteiger partial charge is 0.464 e. The lowest BCUT2D eigenvalue weighted by atomic mass is 9.41. The molecule has 0 aromatic heterocycles. The molecule has 0 aliphatic heterocycles. The first kappa shape index (κ1) is 20.0. The van der Waals surface area contributed by atoms with Gasteiger partial charge in [-0.25, -0.2) is 0 Å². The first-order chi connectivity index (χ1) is 11.8. The van der Waals surface area contributed by atoms with E-state index in [-0.39, 0.29) is 23.9 Å². The Morgan fingerprint density at radius 2 is 1.65 bits per heavy atom. The normalized spacial score (nSPS) is 38.9. The van der Waals surface area contributed by atoms with Crippen LogP contribution in [0.2, 0.25) is 0 Å². The van der Waals surface area contributed by atoms with Crippen LogP contribution in [0.15, 0.2) is 0 Å². The smallest absolute Gasteiger partial charge is 0.404 e. The molecule has 0 heterocycles. The van der Waals surface area contributed by atoms with Crippen LogP contribution in [0.1, 0.15) is 72.6 Å². The van der Waals surface area contributed by atoms with Gasteiger partial charge in [-0.05, 0) is 83.0 Å². The van der Waals surface area contributed by atoms with E-state index in [1.165, 1.54) is 6.92 Å². The third-order valence-corrected chi connectivity index (χ3v) is 7.77. The highest BCUT2D eigenvalue weighted by molar-refractivity contribution is 5.77. The summed E-state index contributed by atoms with van der Waals surface area (Å²) in [6.45, 7) is 6.02. The number of halogens is 3. The maximum absolute atomic E-state index is 13.3. The average Bonchev–Trinajstić information content (AvgIpc) is 2.48. The summed E-state index contributed by atoms with van der Waals surface area (Å²) in [5.41, 5.74) is -3.77. The Morgan fingerprint density at radius 3 is 2.08 bits per heavy atom. The first-order valence-electron chi connectivity index (χ1n) is 9.72. The van der Waals surface area contributed by atoms with Crippen molar-refractivity contribution in [3.63, 3.8) is 0 Å². The average molecular weight is 376 g/mol. The van der Waals surface area contributed by atoms with E-state index >= 15 is 0 Å². The number of ether oxygens (including phenoxy) is 1. The van der Waals surface area contributed by atoms with Crippen LogP contribution in [0.5, 0.6) is 0 Å². The Labute approximate surface area is 153 Å². The van der Waals surface area contributed by atoms with Crippen LogP contribution >= 0.6 is 0 Å². The van der Waals surface area contributed by atoms with Crippen LogP contribution < -0.4 is 0 Å². The molecular formula is C20H31F3O3. The Hall–Kier alpha value is -0.780.